The zero-order chi connectivity index (χ0) is 34.6. The van der Waals surface area contributed by atoms with Crippen LogP contribution in [0.4, 0.5) is 0 Å². The summed E-state index contributed by atoms with van der Waals surface area (Å²) in [6.45, 7) is 4.83. The second kappa shape index (κ2) is 11.0. The second-order valence-corrected chi connectivity index (χ2v) is 15.8. The van der Waals surface area contributed by atoms with E-state index in [2.05, 4.69) is 184 Å². The quantitative estimate of drug-likeness (QED) is 0.163. The summed E-state index contributed by atoms with van der Waals surface area (Å²) in [4.78, 5) is 0. The molecule has 244 valence electrons. The molecule has 0 nitrogen and oxygen atoms in total. The van der Waals surface area contributed by atoms with Crippen molar-refractivity contribution < 1.29 is 0 Å². The van der Waals surface area contributed by atoms with Gasteiger partial charge in [-0.15, -0.1) is 11.3 Å². The molecule has 0 saturated heterocycles. The molecule has 0 fully saturated rings. The monoisotopic (exact) mass is 678 g/mol. The maximum atomic E-state index is 2.55. The van der Waals surface area contributed by atoms with E-state index in [1.165, 1.54) is 108 Å². The van der Waals surface area contributed by atoms with Crippen molar-refractivity contribution in [2.75, 3.05) is 0 Å². The summed E-state index contributed by atoms with van der Waals surface area (Å²) in [7, 11) is 0. The maximum absolute atomic E-state index is 2.55. The van der Waals surface area contributed by atoms with Crippen LogP contribution in [0.15, 0.2) is 170 Å². The number of fused-ring (bicyclic) bond motifs is 10. The number of hydrogen-bond donors (Lipinski definition) is 0. The molecule has 9 aromatic carbocycles. The zero-order valence-corrected chi connectivity index (χ0v) is 29.9. The third kappa shape index (κ3) is 4.09. The maximum Gasteiger partial charge on any atom is 0.0440 e. The van der Waals surface area contributed by atoms with Gasteiger partial charge in [-0.1, -0.05) is 172 Å². The van der Waals surface area contributed by atoms with Crippen molar-refractivity contribution in [2.45, 2.75) is 19.3 Å². The SMILES string of the molecule is CC1(C)c2ccccc2-c2c1cc1c(sc3ccc4ccccc4c31)c2-c1c2ccccc2c(-c2ccc(-c3ccccc3)cc2)c2ccccc12. The van der Waals surface area contributed by atoms with Crippen molar-refractivity contribution in [3.63, 3.8) is 0 Å². The summed E-state index contributed by atoms with van der Waals surface area (Å²) in [5, 5.41) is 10.5. The normalized spacial score (nSPS) is 13.3. The molecular weight excluding hydrogens is 645 g/mol. The Morgan fingerprint density at radius 1 is 0.385 bits per heavy atom. The molecule has 0 amide bonds. The molecule has 1 aliphatic rings. The largest absolute Gasteiger partial charge is 0.134 e. The summed E-state index contributed by atoms with van der Waals surface area (Å²) in [6, 6.07) is 63.3. The van der Waals surface area contributed by atoms with Crippen molar-refractivity contribution in [2.24, 2.45) is 0 Å². The first-order chi connectivity index (χ1) is 25.6. The first-order valence-electron chi connectivity index (χ1n) is 18.2. The van der Waals surface area contributed by atoms with Crippen molar-refractivity contribution >= 4 is 63.8 Å². The van der Waals surface area contributed by atoms with Crippen molar-refractivity contribution in [3.8, 4) is 44.5 Å². The summed E-state index contributed by atoms with van der Waals surface area (Å²) >= 11 is 1.96. The van der Waals surface area contributed by atoms with E-state index < -0.39 is 0 Å². The zero-order valence-electron chi connectivity index (χ0n) is 29.1. The van der Waals surface area contributed by atoms with Crippen molar-refractivity contribution in [3.05, 3.63) is 181 Å². The van der Waals surface area contributed by atoms with Crippen LogP contribution in [0.2, 0.25) is 0 Å². The lowest BCUT2D eigenvalue weighted by atomic mass is 9.79. The van der Waals surface area contributed by atoms with Gasteiger partial charge in [0.25, 0.3) is 0 Å². The molecule has 11 rings (SSSR count). The van der Waals surface area contributed by atoms with Gasteiger partial charge in [-0.2, -0.15) is 0 Å². The second-order valence-electron chi connectivity index (χ2n) is 14.8. The van der Waals surface area contributed by atoms with Crippen LogP contribution in [0.1, 0.15) is 25.0 Å². The van der Waals surface area contributed by atoms with Gasteiger partial charge in [0.1, 0.15) is 0 Å². The Labute approximate surface area is 307 Å². The van der Waals surface area contributed by atoms with E-state index in [-0.39, 0.29) is 5.41 Å². The fourth-order valence-corrected chi connectivity index (χ4v) is 10.5. The van der Waals surface area contributed by atoms with E-state index in [4.69, 9.17) is 0 Å². The molecule has 0 N–H and O–H groups in total. The van der Waals surface area contributed by atoms with Crippen LogP contribution in [0.5, 0.6) is 0 Å². The number of hydrogen-bond acceptors (Lipinski definition) is 1. The highest BCUT2D eigenvalue weighted by Crippen LogP contribution is 2.59. The van der Waals surface area contributed by atoms with Gasteiger partial charge in [0.15, 0.2) is 0 Å². The molecule has 0 aliphatic heterocycles. The van der Waals surface area contributed by atoms with E-state index in [0.29, 0.717) is 0 Å². The molecule has 10 aromatic rings. The minimum absolute atomic E-state index is 0.139. The Balaban J connectivity index is 1.30. The molecule has 0 saturated carbocycles. The smallest absolute Gasteiger partial charge is 0.0440 e. The van der Waals surface area contributed by atoms with Gasteiger partial charge < -0.3 is 0 Å². The topological polar surface area (TPSA) is 0 Å². The van der Waals surface area contributed by atoms with Crippen LogP contribution in [-0.2, 0) is 5.41 Å². The van der Waals surface area contributed by atoms with Gasteiger partial charge in [0.05, 0.1) is 0 Å². The van der Waals surface area contributed by atoms with Crippen LogP contribution in [0, 0.1) is 0 Å². The standard InChI is InChI=1S/C51H34S/c1-51(2)42-23-13-12-22-40(42)48-43(51)30-41-46-35-17-7-6-16-33(35)28-29-44(46)52-50(41)49(48)47-38-20-10-8-18-36(38)45(37-19-9-11-21-39(37)47)34-26-24-32(25-27-34)31-14-4-3-5-15-31/h3-30H,1-2H3. The molecule has 0 bridgehead atoms. The molecule has 0 spiro atoms. The fourth-order valence-electron chi connectivity index (χ4n) is 9.25. The lowest BCUT2D eigenvalue weighted by molar-refractivity contribution is 0.661. The Hall–Kier alpha value is -6.02. The molecule has 0 unspecified atom stereocenters. The highest BCUT2D eigenvalue weighted by atomic mass is 32.1. The lowest BCUT2D eigenvalue weighted by Gasteiger charge is -2.23. The molecule has 1 aliphatic carbocycles. The van der Waals surface area contributed by atoms with Crippen molar-refractivity contribution in [1.82, 2.24) is 0 Å². The number of benzene rings is 9. The van der Waals surface area contributed by atoms with Gasteiger partial charge in [-0.3, -0.25) is 0 Å². The lowest BCUT2D eigenvalue weighted by Crippen LogP contribution is -2.14. The van der Waals surface area contributed by atoms with Gasteiger partial charge in [-0.25, -0.2) is 0 Å². The Bertz CT molecular complexity index is 3010. The first-order valence-corrected chi connectivity index (χ1v) is 19.0. The van der Waals surface area contributed by atoms with Gasteiger partial charge in [-0.05, 0) is 94.5 Å². The third-order valence-corrected chi connectivity index (χ3v) is 12.8. The van der Waals surface area contributed by atoms with Crippen LogP contribution in [0.25, 0.3) is 97.0 Å². The minimum Gasteiger partial charge on any atom is -0.134 e. The highest BCUT2D eigenvalue weighted by molar-refractivity contribution is 7.26. The van der Waals surface area contributed by atoms with Gasteiger partial charge in [0, 0.05) is 31.2 Å². The van der Waals surface area contributed by atoms with E-state index >= 15 is 0 Å². The molecular formula is C51H34S. The van der Waals surface area contributed by atoms with E-state index in [9.17, 15) is 0 Å². The van der Waals surface area contributed by atoms with E-state index in [1.807, 2.05) is 11.3 Å². The number of thiophene rings is 1. The third-order valence-electron chi connectivity index (χ3n) is 11.7. The predicted octanol–water partition coefficient (Wildman–Crippen LogP) is 14.8. The first kappa shape index (κ1) is 29.7. The fraction of sp³-hybridized carbons (Fsp3) is 0.0588. The van der Waals surface area contributed by atoms with Crippen molar-refractivity contribution in [1.29, 1.82) is 0 Å². The Kier molecular flexibility index (Phi) is 6.27. The van der Waals surface area contributed by atoms with Crippen LogP contribution in [0.3, 0.4) is 0 Å². The van der Waals surface area contributed by atoms with Crippen LogP contribution >= 0.6 is 11.3 Å². The molecule has 0 radical (unpaired) electrons. The molecule has 0 atom stereocenters. The van der Waals surface area contributed by atoms with E-state index in [1.54, 1.807) is 0 Å². The molecule has 1 heteroatoms. The Morgan fingerprint density at radius 3 is 1.65 bits per heavy atom. The summed E-state index contributed by atoms with van der Waals surface area (Å²) in [5.74, 6) is 0. The average Bonchev–Trinajstić information content (AvgIpc) is 3.69. The summed E-state index contributed by atoms with van der Waals surface area (Å²) in [5.41, 5.74) is 13.1. The minimum atomic E-state index is -0.139. The molecule has 1 aromatic heterocycles. The van der Waals surface area contributed by atoms with Crippen LogP contribution in [-0.4, -0.2) is 0 Å². The van der Waals surface area contributed by atoms with Gasteiger partial charge >= 0.3 is 0 Å². The van der Waals surface area contributed by atoms with Gasteiger partial charge in [0.2, 0.25) is 0 Å². The van der Waals surface area contributed by atoms with Crippen LogP contribution < -0.4 is 0 Å². The summed E-state index contributed by atoms with van der Waals surface area (Å²) in [6.07, 6.45) is 0. The summed E-state index contributed by atoms with van der Waals surface area (Å²) < 4.78 is 2.71. The highest BCUT2D eigenvalue weighted by Gasteiger charge is 2.39. The molecule has 1 heterocycles. The average molecular weight is 679 g/mol. The molecule has 52 heavy (non-hydrogen) atoms. The Morgan fingerprint density at radius 2 is 0.942 bits per heavy atom. The predicted molar refractivity (Wildman–Crippen MR) is 226 cm³/mol. The van der Waals surface area contributed by atoms with E-state index in [0.717, 1.165) is 0 Å². The number of rotatable bonds is 3.